The van der Waals surface area contributed by atoms with Gasteiger partial charge in [-0.2, -0.15) is 0 Å². The van der Waals surface area contributed by atoms with Crippen LogP contribution < -0.4 is 10.1 Å². The first-order valence-electron chi connectivity index (χ1n) is 7.15. The van der Waals surface area contributed by atoms with Crippen molar-refractivity contribution in [3.63, 3.8) is 0 Å². The Hall–Kier alpha value is -0.260. The van der Waals surface area contributed by atoms with Gasteiger partial charge in [-0.25, -0.2) is 0 Å². The topological polar surface area (TPSA) is 24.5 Å². The number of hydrogen-bond acceptors (Lipinski definition) is 3. The molecule has 0 saturated carbocycles. The van der Waals surface area contributed by atoms with Gasteiger partial charge in [0.1, 0.15) is 5.75 Å². The minimum atomic E-state index is 0. The SMILES string of the molecule is C=CCC[C@H](c1cc(OC)ccc1Br)N1CCNCC1.Cl.Cl. The van der Waals surface area contributed by atoms with E-state index in [0.717, 1.165) is 49.2 Å². The number of allylic oxidation sites excluding steroid dienone is 1. The Labute approximate surface area is 154 Å². The number of hydrogen-bond donors (Lipinski definition) is 1. The molecule has 126 valence electrons. The largest absolute Gasteiger partial charge is 0.497 e. The summed E-state index contributed by atoms with van der Waals surface area (Å²) in [6.07, 6.45) is 4.12. The van der Waals surface area contributed by atoms with Crippen LogP contribution in [0.4, 0.5) is 0 Å². The summed E-state index contributed by atoms with van der Waals surface area (Å²) in [6.45, 7) is 8.16. The van der Waals surface area contributed by atoms with E-state index in [9.17, 15) is 0 Å². The third-order valence-electron chi connectivity index (χ3n) is 3.80. The zero-order valence-corrected chi connectivity index (χ0v) is 16.1. The van der Waals surface area contributed by atoms with Gasteiger partial charge in [0.2, 0.25) is 0 Å². The summed E-state index contributed by atoms with van der Waals surface area (Å²) in [4.78, 5) is 2.56. The van der Waals surface area contributed by atoms with E-state index >= 15 is 0 Å². The molecule has 1 aromatic rings. The van der Waals surface area contributed by atoms with Crippen LogP contribution in [-0.4, -0.2) is 38.2 Å². The van der Waals surface area contributed by atoms with Gasteiger partial charge in [0, 0.05) is 36.7 Å². The molecule has 6 heteroatoms. The van der Waals surface area contributed by atoms with Gasteiger partial charge in [0.05, 0.1) is 7.11 Å². The first-order valence-corrected chi connectivity index (χ1v) is 7.94. The van der Waals surface area contributed by atoms with Crippen molar-refractivity contribution in [2.24, 2.45) is 0 Å². The van der Waals surface area contributed by atoms with E-state index in [4.69, 9.17) is 4.74 Å². The van der Waals surface area contributed by atoms with E-state index in [1.165, 1.54) is 5.56 Å². The second-order valence-electron chi connectivity index (χ2n) is 5.06. The van der Waals surface area contributed by atoms with Crippen LogP contribution in [0.25, 0.3) is 0 Å². The first-order chi connectivity index (χ1) is 9.76. The normalized spacial score (nSPS) is 16.1. The Morgan fingerprint density at radius 3 is 2.64 bits per heavy atom. The summed E-state index contributed by atoms with van der Waals surface area (Å²) in [5.74, 6) is 0.918. The maximum Gasteiger partial charge on any atom is 0.119 e. The molecular weight excluding hydrogens is 387 g/mol. The molecule has 2 rings (SSSR count). The average molecular weight is 412 g/mol. The lowest BCUT2D eigenvalue weighted by Crippen LogP contribution is -2.45. The molecule has 0 amide bonds. The highest BCUT2D eigenvalue weighted by molar-refractivity contribution is 9.10. The van der Waals surface area contributed by atoms with Crippen LogP contribution in [0, 0.1) is 0 Å². The van der Waals surface area contributed by atoms with Crippen molar-refractivity contribution in [1.29, 1.82) is 0 Å². The molecule has 0 spiro atoms. The molecule has 1 aromatic carbocycles. The fourth-order valence-corrected chi connectivity index (χ4v) is 3.22. The Morgan fingerprint density at radius 2 is 2.05 bits per heavy atom. The van der Waals surface area contributed by atoms with Crippen LogP contribution in [0.1, 0.15) is 24.4 Å². The van der Waals surface area contributed by atoms with Gasteiger partial charge >= 0.3 is 0 Å². The zero-order valence-electron chi connectivity index (χ0n) is 12.9. The van der Waals surface area contributed by atoms with Gasteiger partial charge in [-0.3, -0.25) is 4.90 Å². The molecule has 1 N–H and O–H groups in total. The smallest absolute Gasteiger partial charge is 0.119 e. The molecule has 1 fully saturated rings. The minimum absolute atomic E-state index is 0. The highest BCUT2D eigenvalue weighted by atomic mass is 79.9. The van der Waals surface area contributed by atoms with Gasteiger partial charge in [-0.05, 0) is 36.6 Å². The zero-order chi connectivity index (χ0) is 14.4. The summed E-state index contributed by atoms with van der Waals surface area (Å²) >= 11 is 3.70. The van der Waals surface area contributed by atoms with Gasteiger partial charge in [-0.15, -0.1) is 31.4 Å². The van der Waals surface area contributed by atoms with E-state index in [1.54, 1.807) is 7.11 Å². The molecular formula is C16H25BrCl2N2O. The van der Waals surface area contributed by atoms with Crippen molar-refractivity contribution >= 4 is 40.7 Å². The van der Waals surface area contributed by atoms with E-state index < -0.39 is 0 Å². The standard InChI is InChI=1S/C16H23BrN2O.2ClH/c1-3-4-5-16(19-10-8-18-9-11-19)14-12-13(20-2)6-7-15(14)17;;/h3,6-7,12,16,18H,1,4-5,8-11H2,2H3;2*1H/t16-;;/m1../s1. The quantitative estimate of drug-likeness (QED) is 0.709. The lowest BCUT2D eigenvalue weighted by Gasteiger charge is -2.35. The van der Waals surface area contributed by atoms with E-state index in [0.29, 0.717) is 6.04 Å². The van der Waals surface area contributed by atoms with Gasteiger partial charge in [-0.1, -0.05) is 22.0 Å². The Kier molecular flexibility index (Phi) is 11.2. The van der Waals surface area contributed by atoms with Crippen LogP contribution in [0.5, 0.6) is 5.75 Å². The molecule has 1 heterocycles. The van der Waals surface area contributed by atoms with Crippen molar-refractivity contribution in [2.75, 3.05) is 33.3 Å². The Bertz CT molecular complexity index is 454. The Balaban J connectivity index is 0.00000220. The third kappa shape index (κ3) is 5.74. The number of piperazine rings is 1. The summed E-state index contributed by atoms with van der Waals surface area (Å²) in [5.41, 5.74) is 1.31. The van der Waals surface area contributed by atoms with E-state index in [-0.39, 0.29) is 24.8 Å². The molecule has 1 atom stereocenters. The number of ether oxygens (including phenoxy) is 1. The molecule has 0 radical (unpaired) electrons. The molecule has 0 bridgehead atoms. The van der Waals surface area contributed by atoms with Gasteiger partial charge in [0.15, 0.2) is 0 Å². The van der Waals surface area contributed by atoms with Crippen LogP contribution in [0.15, 0.2) is 35.3 Å². The molecule has 1 aliphatic heterocycles. The summed E-state index contributed by atoms with van der Waals surface area (Å²) < 4.78 is 6.54. The van der Waals surface area contributed by atoms with Crippen molar-refractivity contribution in [3.8, 4) is 5.75 Å². The van der Waals surface area contributed by atoms with Gasteiger partial charge < -0.3 is 10.1 Å². The number of nitrogens with one attached hydrogen (secondary N) is 1. The maximum absolute atomic E-state index is 5.38. The number of rotatable bonds is 6. The van der Waals surface area contributed by atoms with Crippen LogP contribution in [0.3, 0.4) is 0 Å². The lowest BCUT2D eigenvalue weighted by molar-refractivity contribution is 0.165. The predicted molar refractivity (Wildman–Crippen MR) is 102 cm³/mol. The van der Waals surface area contributed by atoms with E-state index in [1.807, 2.05) is 12.1 Å². The summed E-state index contributed by atoms with van der Waals surface area (Å²) in [5, 5.41) is 3.42. The molecule has 0 aromatic heterocycles. The van der Waals surface area contributed by atoms with Crippen molar-refractivity contribution in [2.45, 2.75) is 18.9 Å². The highest BCUT2D eigenvalue weighted by Crippen LogP contribution is 2.34. The highest BCUT2D eigenvalue weighted by Gasteiger charge is 2.23. The number of methoxy groups -OCH3 is 1. The molecule has 22 heavy (non-hydrogen) atoms. The maximum atomic E-state index is 5.38. The molecule has 0 unspecified atom stereocenters. The Morgan fingerprint density at radius 1 is 1.36 bits per heavy atom. The lowest BCUT2D eigenvalue weighted by atomic mass is 9.99. The van der Waals surface area contributed by atoms with Crippen molar-refractivity contribution in [1.82, 2.24) is 10.2 Å². The molecule has 1 aliphatic rings. The fraction of sp³-hybridized carbons (Fsp3) is 0.500. The molecule has 1 saturated heterocycles. The number of benzene rings is 1. The first kappa shape index (κ1) is 21.7. The summed E-state index contributed by atoms with van der Waals surface area (Å²) in [6, 6.07) is 6.65. The average Bonchev–Trinajstić information content (AvgIpc) is 2.50. The van der Waals surface area contributed by atoms with Crippen molar-refractivity contribution < 1.29 is 4.74 Å². The van der Waals surface area contributed by atoms with Crippen LogP contribution in [-0.2, 0) is 0 Å². The molecule has 0 aliphatic carbocycles. The second-order valence-corrected chi connectivity index (χ2v) is 5.91. The summed E-state index contributed by atoms with van der Waals surface area (Å²) in [7, 11) is 1.72. The number of nitrogens with zero attached hydrogens (tertiary/aromatic N) is 1. The van der Waals surface area contributed by atoms with Crippen LogP contribution in [0.2, 0.25) is 0 Å². The second kappa shape index (κ2) is 11.3. The predicted octanol–water partition coefficient (Wildman–Crippen LogP) is 4.21. The third-order valence-corrected chi connectivity index (χ3v) is 4.52. The van der Waals surface area contributed by atoms with E-state index in [2.05, 4.69) is 44.9 Å². The van der Waals surface area contributed by atoms with Gasteiger partial charge in [0.25, 0.3) is 0 Å². The monoisotopic (exact) mass is 410 g/mol. The number of halogens is 3. The molecule has 3 nitrogen and oxygen atoms in total. The fourth-order valence-electron chi connectivity index (χ4n) is 2.71. The van der Waals surface area contributed by atoms with Crippen molar-refractivity contribution in [3.05, 3.63) is 40.9 Å². The minimum Gasteiger partial charge on any atom is -0.497 e. The van der Waals surface area contributed by atoms with Crippen LogP contribution >= 0.6 is 40.7 Å².